The van der Waals surface area contributed by atoms with E-state index < -0.39 is 81.5 Å². The third-order valence-electron chi connectivity index (χ3n) is 14.9. The third-order valence-corrected chi connectivity index (χ3v) is 14.9. The van der Waals surface area contributed by atoms with E-state index in [9.17, 15) is 52.2 Å². The number of amides is 6. The number of primary amides is 2. The largest absolute Gasteiger partial charge is 0.465 e. The first-order chi connectivity index (χ1) is 30.5. The van der Waals surface area contributed by atoms with Crippen molar-refractivity contribution in [2.24, 2.45) is 11.5 Å². The fourth-order valence-electron chi connectivity index (χ4n) is 12.4. The number of imide groups is 2. The second kappa shape index (κ2) is 15.6. The van der Waals surface area contributed by atoms with E-state index in [1.54, 1.807) is 62.4 Å². The molecule has 4 aromatic rings. The average Bonchev–Trinajstić information content (AvgIpc) is 3.96. The highest BCUT2D eigenvalue weighted by molar-refractivity contribution is 6.01. The van der Waals surface area contributed by atoms with E-state index in [0.717, 1.165) is 12.1 Å². The second-order valence-corrected chi connectivity index (χ2v) is 18.1. The van der Waals surface area contributed by atoms with Crippen LogP contribution in [0.25, 0.3) is 5.69 Å². The molecule has 4 aliphatic carbocycles. The lowest BCUT2D eigenvalue weighted by atomic mass is 9.56. The number of aromatic nitrogens is 1. The van der Waals surface area contributed by atoms with Crippen molar-refractivity contribution in [2.45, 2.75) is 106 Å². The standard InChI is InChI=1S/C47H50F3N7O8/c1-25-26(2)38(34-8-6-22-56(34)46(40(61)54-42(64)65)30-15-11-28(12-16-30)44(46,4)24-36(52)59)57(32-19-17-31(18-20-32)47(48,49)50)37(25)33-7-5-21-55(33)45(39(60)53-41(62)63)29-13-9-27(10-14-29)43(45,3)23-35(51)58/h9-20,33-34H,5-8,21-24H2,1-4H3,(H2,51,58)(H2,52,59)(H,53,60)(H,54,61)(H,62,63)(H,64,65)/t33?,34?,43?,44?,45-,46-/m1/s1. The molecule has 6 atom stereocenters. The summed E-state index contributed by atoms with van der Waals surface area (Å²) < 4.78 is 44.4. The number of alkyl halides is 3. The molecule has 65 heavy (non-hydrogen) atoms. The van der Waals surface area contributed by atoms with Crippen molar-refractivity contribution in [3.63, 3.8) is 0 Å². The number of halogens is 3. The minimum atomic E-state index is -4.67. The van der Waals surface area contributed by atoms with Crippen LogP contribution in [0.1, 0.15) is 115 Å². The molecule has 6 aliphatic rings. The van der Waals surface area contributed by atoms with Crippen LogP contribution in [0, 0.1) is 13.8 Å². The van der Waals surface area contributed by atoms with Gasteiger partial charge in [0.15, 0.2) is 0 Å². The lowest BCUT2D eigenvalue weighted by Crippen LogP contribution is -2.68. The van der Waals surface area contributed by atoms with Crippen molar-refractivity contribution in [1.29, 1.82) is 0 Å². The van der Waals surface area contributed by atoms with Gasteiger partial charge in [0.25, 0.3) is 11.8 Å². The van der Waals surface area contributed by atoms with Gasteiger partial charge in [0, 0.05) is 53.8 Å². The Morgan fingerprint density at radius 2 is 0.985 bits per heavy atom. The molecule has 0 saturated carbocycles. The Morgan fingerprint density at radius 3 is 1.31 bits per heavy atom. The van der Waals surface area contributed by atoms with E-state index in [2.05, 4.69) is 10.6 Å². The number of nitrogens with zero attached hydrogens (tertiary/aromatic N) is 3. The lowest BCUT2D eigenvalue weighted by Gasteiger charge is -2.56. The number of fused-ring (bicyclic) bond motifs is 6. The van der Waals surface area contributed by atoms with E-state index in [1.807, 2.05) is 28.2 Å². The highest BCUT2D eigenvalue weighted by Gasteiger charge is 2.66. The molecule has 10 rings (SSSR count). The Bertz CT molecular complexity index is 2500. The molecule has 0 radical (unpaired) electrons. The summed E-state index contributed by atoms with van der Waals surface area (Å²) in [6.07, 6.45) is -6.85. The number of carboxylic acid groups (broad SMARTS) is 2. The zero-order chi connectivity index (χ0) is 47.2. The number of nitrogens with one attached hydrogen (secondary N) is 2. The summed E-state index contributed by atoms with van der Waals surface area (Å²) in [7, 11) is 0. The maximum Gasteiger partial charge on any atom is 0.416 e. The molecule has 4 bridgehead atoms. The number of carbonyl (C=O) groups excluding carboxylic acids is 4. The van der Waals surface area contributed by atoms with Gasteiger partial charge in [0.05, 0.1) is 17.6 Å². The predicted molar refractivity (Wildman–Crippen MR) is 229 cm³/mol. The molecule has 4 unspecified atom stereocenters. The number of benzene rings is 3. The second-order valence-electron chi connectivity index (χ2n) is 18.1. The van der Waals surface area contributed by atoms with Crippen molar-refractivity contribution in [3.05, 3.63) is 123 Å². The van der Waals surface area contributed by atoms with E-state index in [0.29, 0.717) is 76.1 Å². The van der Waals surface area contributed by atoms with Gasteiger partial charge in [-0.25, -0.2) is 9.59 Å². The Balaban J connectivity index is 1.41. The summed E-state index contributed by atoms with van der Waals surface area (Å²) in [5.41, 5.74) is 9.23. The molecule has 6 amide bonds. The van der Waals surface area contributed by atoms with Crippen LogP contribution in [0.2, 0.25) is 0 Å². The molecule has 15 nitrogen and oxygen atoms in total. The van der Waals surface area contributed by atoms with Gasteiger partial charge in [-0.3, -0.25) is 39.6 Å². The number of nitrogens with two attached hydrogens (primary N) is 2. The highest BCUT2D eigenvalue weighted by Crippen LogP contribution is 2.60. The van der Waals surface area contributed by atoms with Crippen LogP contribution in [0.3, 0.4) is 0 Å². The van der Waals surface area contributed by atoms with Crippen LogP contribution < -0.4 is 22.1 Å². The molecule has 8 N–H and O–H groups in total. The summed E-state index contributed by atoms with van der Waals surface area (Å²) >= 11 is 0. The van der Waals surface area contributed by atoms with E-state index in [4.69, 9.17) is 11.5 Å². The molecule has 3 heterocycles. The number of likely N-dealkylation sites (tertiary alicyclic amines) is 2. The fourth-order valence-corrected chi connectivity index (χ4v) is 12.4. The number of hydrogen-bond donors (Lipinski definition) is 6. The third kappa shape index (κ3) is 6.46. The Labute approximate surface area is 371 Å². The first kappa shape index (κ1) is 45.1. The van der Waals surface area contributed by atoms with E-state index in [1.165, 1.54) is 12.1 Å². The minimum Gasteiger partial charge on any atom is -0.465 e. The van der Waals surface area contributed by atoms with Gasteiger partial charge in [-0.15, -0.1) is 0 Å². The van der Waals surface area contributed by atoms with Gasteiger partial charge >= 0.3 is 18.4 Å². The predicted octanol–water partition coefficient (Wildman–Crippen LogP) is 6.06. The van der Waals surface area contributed by atoms with Crippen molar-refractivity contribution in [3.8, 4) is 5.69 Å². The van der Waals surface area contributed by atoms with Gasteiger partial charge in [-0.1, -0.05) is 62.4 Å². The van der Waals surface area contributed by atoms with Crippen molar-refractivity contribution in [1.82, 2.24) is 25.0 Å². The SMILES string of the molecule is Cc1c(C)c(C2CCCN2[C@@]2(C(=O)NC(=O)O)c3ccc(cc3)C2(C)CC(N)=O)n(-c2ccc(C(F)(F)F)cc2)c1C1CCCN1[C@@]1(C(=O)NC(=O)O)c2ccc(cc2)C1(C)CC(N)=O. The number of rotatable bonds is 11. The monoisotopic (exact) mass is 897 g/mol. The summed E-state index contributed by atoms with van der Waals surface area (Å²) in [4.78, 5) is 84.2. The Hall–Kier alpha value is -6.53. The Morgan fingerprint density at radius 1 is 0.631 bits per heavy atom. The van der Waals surface area contributed by atoms with Gasteiger partial charge in [-0.05, 0) is 97.2 Å². The van der Waals surface area contributed by atoms with Crippen LogP contribution in [0.4, 0.5) is 22.8 Å². The molecule has 1 aromatic heterocycles. The zero-order valence-corrected chi connectivity index (χ0v) is 36.2. The molecule has 2 aliphatic heterocycles. The van der Waals surface area contributed by atoms with Crippen LogP contribution in [-0.4, -0.2) is 73.5 Å². The van der Waals surface area contributed by atoms with Gasteiger partial charge in [-0.2, -0.15) is 13.2 Å². The summed E-state index contributed by atoms with van der Waals surface area (Å²) in [5.74, 6) is -3.28. The Kier molecular flexibility index (Phi) is 10.8. The molecule has 2 fully saturated rings. The van der Waals surface area contributed by atoms with Crippen LogP contribution >= 0.6 is 0 Å². The highest BCUT2D eigenvalue weighted by atomic mass is 19.4. The molecule has 2 saturated heterocycles. The van der Waals surface area contributed by atoms with E-state index in [-0.39, 0.29) is 25.9 Å². The molecule has 0 spiro atoms. The normalized spacial score (nSPS) is 27.2. The lowest BCUT2D eigenvalue weighted by molar-refractivity contribution is -0.144. The number of hydrogen-bond acceptors (Lipinski definition) is 8. The van der Waals surface area contributed by atoms with Crippen LogP contribution in [0.15, 0.2) is 72.8 Å². The van der Waals surface area contributed by atoms with E-state index >= 15 is 0 Å². The van der Waals surface area contributed by atoms with Gasteiger partial charge in [0.1, 0.15) is 11.1 Å². The first-order valence-electron chi connectivity index (χ1n) is 21.4. The minimum absolute atomic E-state index is 0.228. The van der Waals surface area contributed by atoms with Crippen molar-refractivity contribution < 1.29 is 52.2 Å². The van der Waals surface area contributed by atoms with Crippen molar-refractivity contribution >= 4 is 35.8 Å². The van der Waals surface area contributed by atoms with Gasteiger partial charge < -0.3 is 26.2 Å². The summed E-state index contributed by atoms with van der Waals surface area (Å²) in [5, 5.41) is 24.3. The first-order valence-corrected chi connectivity index (χ1v) is 21.4. The molecule has 18 heteroatoms. The van der Waals surface area contributed by atoms with Gasteiger partial charge in [0.2, 0.25) is 11.8 Å². The average molecular weight is 898 g/mol. The topological polar surface area (TPSA) is 230 Å². The fraction of sp³-hybridized carbons (Fsp3) is 0.404. The maximum atomic E-state index is 14.9. The zero-order valence-electron chi connectivity index (χ0n) is 36.2. The smallest absolute Gasteiger partial charge is 0.416 e. The van der Waals surface area contributed by atoms with Crippen LogP contribution in [0.5, 0.6) is 0 Å². The quantitative estimate of drug-likeness (QED) is 0.102. The number of carbonyl (C=O) groups is 6. The molecular weight excluding hydrogens is 848 g/mol. The maximum absolute atomic E-state index is 14.9. The van der Waals surface area contributed by atoms with Crippen LogP contribution in [-0.2, 0) is 47.3 Å². The summed E-state index contributed by atoms with van der Waals surface area (Å²) in [6.45, 7) is 7.57. The van der Waals surface area contributed by atoms with Crippen molar-refractivity contribution in [2.75, 3.05) is 13.1 Å². The molecule has 3 aromatic carbocycles. The molecule has 342 valence electrons. The summed E-state index contributed by atoms with van der Waals surface area (Å²) in [6, 6.07) is 17.1. The molecular formula is C47H50F3N7O8.